The van der Waals surface area contributed by atoms with Crippen molar-refractivity contribution in [2.24, 2.45) is 5.92 Å². The van der Waals surface area contributed by atoms with E-state index in [0.29, 0.717) is 35.8 Å². The molecule has 4 aromatic heterocycles. The van der Waals surface area contributed by atoms with Gasteiger partial charge in [-0.25, -0.2) is 0 Å². The summed E-state index contributed by atoms with van der Waals surface area (Å²) in [7, 11) is 0. The van der Waals surface area contributed by atoms with E-state index in [9.17, 15) is 0 Å². The monoisotopic (exact) mass is 511 g/mol. The lowest BCUT2D eigenvalue weighted by atomic mass is 10.1. The molecule has 1 aliphatic rings. The third-order valence-corrected chi connectivity index (χ3v) is 6.58. The zero-order valence-electron chi connectivity index (χ0n) is 20.9. The molecule has 0 radical (unpaired) electrons. The van der Waals surface area contributed by atoms with Crippen LogP contribution in [0.2, 0.25) is 0 Å². The summed E-state index contributed by atoms with van der Waals surface area (Å²) in [6.45, 7) is 4.47. The Bertz CT molecular complexity index is 1470. The van der Waals surface area contributed by atoms with Gasteiger partial charge in [-0.2, -0.15) is 19.5 Å². The smallest absolute Gasteiger partial charge is 0.259 e. The van der Waals surface area contributed by atoms with Gasteiger partial charge >= 0.3 is 0 Å². The van der Waals surface area contributed by atoms with Crippen molar-refractivity contribution in [1.82, 2.24) is 34.4 Å². The molecule has 1 aromatic carbocycles. The van der Waals surface area contributed by atoms with Crippen LogP contribution in [0, 0.1) is 5.92 Å². The third kappa shape index (κ3) is 5.57. The van der Waals surface area contributed by atoms with Crippen molar-refractivity contribution in [2.75, 3.05) is 37.3 Å². The molecule has 0 spiro atoms. The van der Waals surface area contributed by atoms with Crippen molar-refractivity contribution in [3.05, 3.63) is 78.3 Å². The highest BCUT2D eigenvalue weighted by molar-refractivity contribution is 5.52. The number of hydrogen-bond acceptors (Lipinski definition) is 10. The average Bonchev–Trinajstić information content (AvgIpc) is 3.70. The average molecular weight is 512 g/mol. The van der Waals surface area contributed by atoms with Gasteiger partial charge in [0.05, 0.1) is 12.9 Å². The molecule has 0 unspecified atom stereocenters. The second-order valence-electron chi connectivity index (χ2n) is 9.41. The highest BCUT2D eigenvalue weighted by Crippen LogP contribution is 2.21. The number of nitrogens with one attached hydrogen (secondary N) is 1. The first-order valence-corrected chi connectivity index (χ1v) is 12.7. The van der Waals surface area contributed by atoms with Crippen LogP contribution < -0.4 is 15.8 Å². The Morgan fingerprint density at radius 2 is 1.97 bits per heavy atom. The maximum absolute atomic E-state index is 6.09. The maximum atomic E-state index is 6.09. The van der Waals surface area contributed by atoms with E-state index in [0.717, 1.165) is 44.8 Å². The second-order valence-corrected chi connectivity index (χ2v) is 9.41. The van der Waals surface area contributed by atoms with E-state index in [1.807, 2.05) is 30.6 Å². The number of pyridine rings is 1. The fourth-order valence-electron chi connectivity index (χ4n) is 4.62. The van der Waals surface area contributed by atoms with Crippen molar-refractivity contribution in [3.8, 4) is 17.3 Å². The summed E-state index contributed by atoms with van der Waals surface area (Å²) < 4.78 is 12.8. The molecule has 5 heterocycles. The lowest BCUT2D eigenvalue weighted by Gasteiger charge is -2.16. The van der Waals surface area contributed by atoms with Gasteiger partial charge in [-0.05, 0) is 60.8 Å². The van der Waals surface area contributed by atoms with Crippen LogP contribution in [0.15, 0.2) is 71.6 Å². The molecule has 1 saturated heterocycles. The fraction of sp³-hybridized carbons (Fsp3) is 0.296. The zero-order chi connectivity index (χ0) is 25.7. The van der Waals surface area contributed by atoms with E-state index in [1.54, 1.807) is 18.4 Å². The zero-order valence-corrected chi connectivity index (χ0v) is 20.9. The number of aromatic nitrogens is 6. The van der Waals surface area contributed by atoms with Crippen molar-refractivity contribution < 1.29 is 9.15 Å². The Morgan fingerprint density at radius 1 is 1.05 bits per heavy atom. The number of fused-ring (bicyclic) bond motifs is 1. The SMILES string of the molecule is Nc1nc(NCCc2ccc(OC[C@@H]3CCN(Cc4cccnc4)C3)cc2)nc2nc(-c3ccco3)nn12. The molecular formula is C27H29N9O2. The second kappa shape index (κ2) is 10.9. The summed E-state index contributed by atoms with van der Waals surface area (Å²) in [5.74, 6) is 3.35. The molecule has 11 nitrogen and oxygen atoms in total. The van der Waals surface area contributed by atoms with E-state index in [2.05, 4.69) is 53.5 Å². The summed E-state index contributed by atoms with van der Waals surface area (Å²) in [5.41, 5.74) is 8.50. The van der Waals surface area contributed by atoms with Crippen LogP contribution in [0.1, 0.15) is 17.5 Å². The minimum absolute atomic E-state index is 0.201. The van der Waals surface area contributed by atoms with E-state index in [-0.39, 0.29) is 5.95 Å². The summed E-state index contributed by atoms with van der Waals surface area (Å²) in [6, 6.07) is 15.9. The standard InChI is InChI=1S/C27H29N9O2/c28-25-32-26(33-27-31-24(34-36(25)27)23-4-2-14-37-23)30-12-9-19-5-7-22(8-6-19)38-18-21-10-13-35(17-21)16-20-3-1-11-29-15-20/h1-8,11,14-15,21H,9-10,12-13,16-18H2,(H3,28,30,31,32,33,34)/t21-/m1/s1. The predicted octanol–water partition coefficient (Wildman–Crippen LogP) is 3.31. The van der Waals surface area contributed by atoms with E-state index >= 15 is 0 Å². The van der Waals surface area contributed by atoms with E-state index in [1.165, 1.54) is 15.6 Å². The van der Waals surface area contributed by atoms with Crippen molar-refractivity contribution in [3.63, 3.8) is 0 Å². The van der Waals surface area contributed by atoms with Crippen LogP contribution in [0.4, 0.5) is 11.9 Å². The number of nitrogens with two attached hydrogens (primary N) is 1. The minimum Gasteiger partial charge on any atom is -0.493 e. The Kier molecular flexibility index (Phi) is 6.81. The number of nitrogen functional groups attached to an aromatic ring is 1. The molecule has 11 heteroatoms. The molecule has 1 aliphatic heterocycles. The van der Waals surface area contributed by atoms with Gasteiger partial charge in [-0.3, -0.25) is 9.88 Å². The molecule has 194 valence electrons. The van der Waals surface area contributed by atoms with Crippen LogP contribution in [-0.4, -0.2) is 60.7 Å². The van der Waals surface area contributed by atoms with Gasteiger partial charge in [0.15, 0.2) is 5.76 Å². The number of furan rings is 1. The van der Waals surface area contributed by atoms with Gasteiger partial charge in [0.2, 0.25) is 17.7 Å². The first-order valence-electron chi connectivity index (χ1n) is 12.7. The van der Waals surface area contributed by atoms with Gasteiger partial charge in [0.25, 0.3) is 5.78 Å². The Morgan fingerprint density at radius 3 is 2.79 bits per heavy atom. The number of ether oxygens (including phenoxy) is 1. The molecular weight excluding hydrogens is 482 g/mol. The Balaban J connectivity index is 0.966. The van der Waals surface area contributed by atoms with Crippen LogP contribution in [0.5, 0.6) is 5.75 Å². The molecule has 3 N–H and O–H groups in total. The summed E-state index contributed by atoms with van der Waals surface area (Å²) in [6.07, 6.45) is 7.27. The maximum Gasteiger partial charge on any atom is 0.259 e. The van der Waals surface area contributed by atoms with Crippen LogP contribution >= 0.6 is 0 Å². The first kappa shape index (κ1) is 23.9. The molecule has 0 aliphatic carbocycles. The number of benzene rings is 1. The number of nitrogens with zero attached hydrogens (tertiary/aromatic N) is 7. The van der Waals surface area contributed by atoms with E-state index in [4.69, 9.17) is 14.9 Å². The van der Waals surface area contributed by atoms with Crippen molar-refractivity contribution in [1.29, 1.82) is 0 Å². The van der Waals surface area contributed by atoms with Gasteiger partial charge in [0, 0.05) is 37.9 Å². The topological polar surface area (TPSA) is 133 Å². The quantitative estimate of drug-likeness (QED) is 0.288. The highest BCUT2D eigenvalue weighted by atomic mass is 16.5. The molecule has 1 fully saturated rings. The molecule has 6 rings (SSSR count). The highest BCUT2D eigenvalue weighted by Gasteiger charge is 2.23. The van der Waals surface area contributed by atoms with Gasteiger partial charge in [-0.15, -0.1) is 5.10 Å². The lowest BCUT2D eigenvalue weighted by molar-refractivity contribution is 0.238. The molecule has 5 aromatic rings. The van der Waals surface area contributed by atoms with E-state index < -0.39 is 0 Å². The molecule has 38 heavy (non-hydrogen) atoms. The Hall–Kier alpha value is -4.51. The largest absolute Gasteiger partial charge is 0.493 e. The Labute approximate surface area is 219 Å². The molecule has 0 saturated carbocycles. The van der Waals surface area contributed by atoms with Crippen LogP contribution in [-0.2, 0) is 13.0 Å². The number of rotatable bonds is 10. The minimum atomic E-state index is 0.201. The number of anilines is 2. The van der Waals surface area contributed by atoms with Crippen molar-refractivity contribution in [2.45, 2.75) is 19.4 Å². The lowest BCUT2D eigenvalue weighted by Crippen LogP contribution is -2.22. The number of hydrogen-bond donors (Lipinski definition) is 2. The fourth-order valence-corrected chi connectivity index (χ4v) is 4.62. The van der Waals surface area contributed by atoms with Crippen molar-refractivity contribution >= 4 is 17.7 Å². The van der Waals surface area contributed by atoms with Gasteiger partial charge in [0.1, 0.15) is 5.75 Å². The summed E-state index contributed by atoms with van der Waals surface area (Å²) in [5, 5.41) is 7.53. The first-order chi connectivity index (χ1) is 18.7. The van der Waals surface area contributed by atoms with Gasteiger partial charge < -0.3 is 20.2 Å². The third-order valence-electron chi connectivity index (χ3n) is 6.58. The summed E-state index contributed by atoms with van der Waals surface area (Å²) >= 11 is 0. The van der Waals surface area contributed by atoms with Gasteiger partial charge in [-0.1, -0.05) is 18.2 Å². The van der Waals surface area contributed by atoms with Crippen LogP contribution in [0.25, 0.3) is 17.4 Å². The predicted molar refractivity (Wildman–Crippen MR) is 142 cm³/mol. The number of likely N-dealkylation sites (tertiary alicyclic amines) is 1. The molecule has 0 bridgehead atoms. The van der Waals surface area contributed by atoms with Crippen LogP contribution in [0.3, 0.4) is 0 Å². The molecule has 1 atom stereocenters. The summed E-state index contributed by atoms with van der Waals surface area (Å²) in [4.78, 5) is 19.8. The normalized spacial score (nSPS) is 15.7. The molecule has 0 amide bonds.